The van der Waals surface area contributed by atoms with E-state index in [9.17, 15) is 13.6 Å². The molecule has 0 radical (unpaired) electrons. The number of pyridine rings is 1. The van der Waals surface area contributed by atoms with Gasteiger partial charge in [0.1, 0.15) is 11.5 Å². The Labute approximate surface area is 193 Å². The Kier molecular flexibility index (Phi) is 6.80. The van der Waals surface area contributed by atoms with E-state index < -0.39 is 11.6 Å². The van der Waals surface area contributed by atoms with Gasteiger partial charge in [0, 0.05) is 37.8 Å². The number of anilines is 2. The van der Waals surface area contributed by atoms with Crippen LogP contribution >= 0.6 is 0 Å². The summed E-state index contributed by atoms with van der Waals surface area (Å²) in [5, 5.41) is 17.5. The number of carbonyl (C=O) groups excluding carboxylic acids is 1. The van der Waals surface area contributed by atoms with Crippen molar-refractivity contribution in [2.24, 2.45) is 10.3 Å². The van der Waals surface area contributed by atoms with Gasteiger partial charge in [0.25, 0.3) is 0 Å². The Morgan fingerprint density at radius 1 is 1.29 bits per heavy atom. The predicted octanol–water partition coefficient (Wildman–Crippen LogP) is 3.02. The van der Waals surface area contributed by atoms with Gasteiger partial charge in [-0.25, -0.2) is 13.8 Å². The molecule has 4 rings (SSSR count). The van der Waals surface area contributed by atoms with Crippen LogP contribution in [0.3, 0.4) is 0 Å². The van der Waals surface area contributed by atoms with Gasteiger partial charge in [0.15, 0.2) is 17.5 Å². The molecule has 13 heteroatoms. The Morgan fingerprint density at radius 2 is 2.15 bits per heavy atom. The summed E-state index contributed by atoms with van der Waals surface area (Å²) in [6.45, 7) is 2.04. The van der Waals surface area contributed by atoms with Crippen molar-refractivity contribution in [2.75, 3.05) is 24.1 Å². The second-order valence-electron chi connectivity index (χ2n) is 7.64. The molecule has 0 atom stereocenters. The summed E-state index contributed by atoms with van der Waals surface area (Å²) in [6, 6.07) is 5.21. The zero-order valence-corrected chi connectivity index (χ0v) is 18.1. The van der Waals surface area contributed by atoms with Crippen molar-refractivity contribution in [3.05, 3.63) is 53.9 Å². The van der Waals surface area contributed by atoms with E-state index in [-0.39, 0.29) is 28.8 Å². The minimum atomic E-state index is -1.11. The van der Waals surface area contributed by atoms with E-state index in [1.807, 2.05) is 4.90 Å². The molecule has 1 aromatic carbocycles. The maximum atomic E-state index is 14.1. The van der Waals surface area contributed by atoms with E-state index in [0.717, 1.165) is 25.5 Å². The number of amidine groups is 1. The van der Waals surface area contributed by atoms with Crippen molar-refractivity contribution in [3.8, 4) is 11.3 Å². The summed E-state index contributed by atoms with van der Waals surface area (Å²) in [6.07, 6.45) is 5.48. The van der Waals surface area contributed by atoms with E-state index in [1.165, 1.54) is 18.3 Å². The number of hydrogen-bond acceptors (Lipinski definition) is 7. The third-order valence-electron chi connectivity index (χ3n) is 5.35. The van der Waals surface area contributed by atoms with Crippen LogP contribution in [-0.2, 0) is 11.3 Å². The first-order chi connectivity index (χ1) is 16.5. The highest BCUT2D eigenvalue weighted by molar-refractivity contribution is 6.11. The molecular formula is C21H22F2N10O. The molecule has 2 aromatic heterocycles. The van der Waals surface area contributed by atoms with Gasteiger partial charge in [-0.3, -0.25) is 9.48 Å². The molecule has 11 nitrogen and oxygen atoms in total. The fourth-order valence-electron chi connectivity index (χ4n) is 3.63. The van der Waals surface area contributed by atoms with Gasteiger partial charge in [-0.05, 0) is 31.0 Å². The minimum absolute atomic E-state index is 0.0399. The van der Waals surface area contributed by atoms with Gasteiger partial charge in [-0.15, -0.1) is 10.2 Å². The lowest BCUT2D eigenvalue weighted by Gasteiger charge is -2.14. The molecule has 3 aromatic rings. The molecule has 0 aliphatic carbocycles. The second-order valence-corrected chi connectivity index (χ2v) is 7.64. The fraction of sp³-hybridized carbons (Fsp3) is 0.286. The molecule has 3 heterocycles. The number of hydrogen-bond donors (Lipinski definition) is 3. The first-order valence-electron chi connectivity index (χ1n) is 10.6. The van der Waals surface area contributed by atoms with Crippen molar-refractivity contribution >= 4 is 23.2 Å². The number of nitrogen functional groups attached to an aromatic ring is 1. The van der Waals surface area contributed by atoms with Crippen LogP contribution in [0.1, 0.15) is 24.8 Å². The molecule has 0 saturated carbocycles. The molecule has 1 aliphatic rings. The molecule has 1 saturated heterocycles. The average molecular weight is 468 g/mol. The van der Waals surface area contributed by atoms with Crippen LogP contribution in [0, 0.1) is 17.2 Å². The van der Waals surface area contributed by atoms with Gasteiger partial charge in [-0.1, -0.05) is 16.5 Å². The van der Waals surface area contributed by atoms with Crippen LogP contribution < -0.4 is 11.1 Å². The monoisotopic (exact) mass is 468 g/mol. The Hall–Kier alpha value is -4.29. The molecule has 0 bridgehead atoms. The first kappa shape index (κ1) is 22.9. The van der Waals surface area contributed by atoms with E-state index in [0.29, 0.717) is 30.8 Å². The van der Waals surface area contributed by atoms with Crippen molar-refractivity contribution in [1.29, 1.82) is 5.53 Å². The number of nitrogens with two attached hydrogens (primary N) is 1. The summed E-state index contributed by atoms with van der Waals surface area (Å²) in [5.74, 6) is -2.02. The topological polar surface area (TPSA) is 151 Å². The highest BCUT2D eigenvalue weighted by Gasteiger charge is 2.19. The number of carbonyl (C=O) groups is 1. The highest BCUT2D eigenvalue weighted by Crippen LogP contribution is 2.23. The number of halogens is 2. The number of aryl methyl sites for hydroxylation is 1. The smallest absolute Gasteiger partial charge is 0.222 e. The van der Waals surface area contributed by atoms with Crippen molar-refractivity contribution in [1.82, 2.24) is 24.9 Å². The van der Waals surface area contributed by atoms with E-state index in [1.54, 1.807) is 16.9 Å². The van der Waals surface area contributed by atoms with Gasteiger partial charge < -0.3 is 16.0 Å². The van der Waals surface area contributed by atoms with Crippen LogP contribution in [0.4, 0.5) is 20.3 Å². The molecule has 1 aliphatic heterocycles. The van der Waals surface area contributed by atoms with Crippen LogP contribution in [-0.4, -0.2) is 49.7 Å². The second kappa shape index (κ2) is 10.1. The van der Waals surface area contributed by atoms with Crippen molar-refractivity contribution in [2.45, 2.75) is 25.8 Å². The molecule has 1 amide bonds. The van der Waals surface area contributed by atoms with Gasteiger partial charge in [0.05, 0.1) is 17.4 Å². The van der Waals surface area contributed by atoms with Gasteiger partial charge in [-0.2, -0.15) is 5.53 Å². The van der Waals surface area contributed by atoms with Crippen molar-refractivity contribution in [3.63, 3.8) is 0 Å². The lowest BCUT2D eigenvalue weighted by molar-refractivity contribution is -0.127. The number of rotatable bonds is 8. The number of nitrogens with one attached hydrogen (secondary N) is 2. The Morgan fingerprint density at radius 3 is 2.91 bits per heavy atom. The summed E-state index contributed by atoms with van der Waals surface area (Å²) in [7, 11) is 0. The predicted molar refractivity (Wildman–Crippen MR) is 120 cm³/mol. The quantitative estimate of drug-likeness (QED) is 0.200. The zero-order chi connectivity index (χ0) is 24.1. The third kappa shape index (κ3) is 5.03. The number of likely N-dealkylation sites (tertiary alicyclic amines) is 1. The maximum absolute atomic E-state index is 14.1. The Balaban J connectivity index is 1.52. The number of aromatic nitrogens is 4. The molecular weight excluding hydrogens is 446 g/mol. The van der Waals surface area contributed by atoms with Crippen LogP contribution in [0.25, 0.3) is 11.3 Å². The van der Waals surface area contributed by atoms with Gasteiger partial charge >= 0.3 is 0 Å². The molecule has 0 unspecified atom stereocenters. The lowest BCUT2D eigenvalue weighted by Crippen LogP contribution is -2.26. The summed E-state index contributed by atoms with van der Waals surface area (Å²) < 4.78 is 29.4. The lowest BCUT2D eigenvalue weighted by atomic mass is 10.1. The fourth-order valence-corrected chi connectivity index (χ4v) is 3.63. The molecule has 0 spiro atoms. The molecule has 1 fully saturated rings. The van der Waals surface area contributed by atoms with E-state index >= 15 is 0 Å². The summed E-state index contributed by atoms with van der Waals surface area (Å²) in [4.78, 5) is 17.7. The summed E-state index contributed by atoms with van der Waals surface area (Å²) >= 11 is 0. The number of nitrogens with zero attached hydrogens (tertiary/aromatic N) is 7. The first-order valence-corrected chi connectivity index (χ1v) is 10.6. The van der Waals surface area contributed by atoms with Crippen LogP contribution in [0.2, 0.25) is 0 Å². The summed E-state index contributed by atoms with van der Waals surface area (Å²) in [5.41, 5.74) is 14.2. The van der Waals surface area contributed by atoms with Crippen LogP contribution in [0.5, 0.6) is 0 Å². The normalized spacial score (nSPS) is 14.0. The maximum Gasteiger partial charge on any atom is 0.222 e. The highest BCUT2D eigenvalue weighted by atomic mass is 19.2. The van der Waals surface area contributed by atoms with Crippen molar-refractivity contribution < 1.29 is 13.6 Å². The van der Waals surface area contributed by atoms with E-state index in [2.05, 4.69) is 30.9 Å². The average Bonchev–Trinajstić information content (AvgIpc) is 3.46. The van der Waals surface area contributed by atoms with E-state index in [4.69, 9.17) is 11.3 Å². The number of amides is 1. The molecule has 176 valence electrons. The SMILES string of the molecule is N=N/N=C(\Nc1cccc(F)c1F)c1cc(-c2cn(CCCN3CCCC3=O)nn2)cnc1N. The largest absolute Gasteiger partial charge is 0.383 e. The minimum Gasteiger partial charge on any atom is -0.383 e. The number of benzene rings is 1. The molecule has 4 N–H and O–H groups in total. The third-order valence-corrected chi connectivity index (χ3v) is 5.35. The Bertz CT molecular complexity index is 1240. The standard InChI is InChI=1S/C21H22F2N10O/c22-15-4-1-5-16(19(15)23)27-21(29-30-25)14-10-13(11-26-20(14)24)17-12-33(31-28-17)9-3-8-32-7-2-6-18(32)34/h1,4-5,10-12H,2-3,6-9H2,(H2,24,26)(H2,25,27,29). The van der Waals surface area contributed by atoms with Crippen LogP contribution in [0.15, 0.2) is 47.0 Å². The zero-order valence-electron chi connectivity index (χ0n) is 18.1. The molecule has 34 heavy (non-hydrogen) atoms. The van der Waals surface area contributed by atoms with Gasteiger partial charge in [0.2, 0.25) is 5.91 Å².